The van der Waals surface area contributed by atoms with Crippen LogP contribution < -0.4 is 5.32 Å². The van der Waals surface area contributed by atoms with Crippen LogP contribution in [-0.2, 0) is 24.8 Å². The predicted molar refractivity (Wildman–Crippen MR) is 111 cm³/mol. The fourth-order valence-electron chi connectivity index (χ4n) is 2.92. The molecule has 1 aliphatic rings. The van der Waals surface area contributed by atoms with Crippen molar-refractivity contribution in [2.24, 2.45) is 0 Å². The standard InChI is InChI=1S/C19H22FN3O6S2/c1-22(2)30(25,26)16-5-3-4-15(13-16)21-19(24)14-6-7-17(20)18(12-14)31(27,28)23-8-10-29-11-9-23/h3-7,12-13H,8-11H2,1-2H3,(H,21,24). The van der Waals surface area contributed by atoms with Crippen molar-refractivity contribution in [3.8, 4) is 0 Å². The number of amides is 1. The van der Waals surface area contributed by atoms with Gasteiger partial charge in [0.25, 0.3) is 5.91 Å². The summed E-state index contributed by atoms with van der Waals surface area (Å²) in [7, 11) is -5.08. The van der Waals surface area contributed by atoms with E-state index in [0.717, 1.165) is 26.8 Å². The van der Waals surface area contributed by atoms with E-state index in [2.05, 4.69) is 5.32 Å². The first-order chi connectivity index (χ1) is 14.5. The van der Waals surface area contributed by atoms with Gasteiger partial charge >= 0.3 is 0 Å². The number of nitrogens with zero attached hydrogens (tertiary/aromatic N) is 2. The third kappa shape index (κ3) is 4.93. The molecular formula is C19H22FN3O6S2. The van der Waals surface area contributed by atoms with E-state index in [1.165, 1.54) is 38.4 Å². The maximum absolute atomic E-state index is 14.3. The van der Waals surface area contributed by atoms with Gasteiger partial charge < -0.3 is 10.1 Å². The normalized spacial score (nSPS) is 15.7. The van der Waals surface area contributed by atoms with Crippen molar-refractivity contribution in [3.63, 3.8) is 0 Å². The third-order valence-corrected chi connectivity index (χ3v) is 8.38. The van der Waals surface area contributed by atoms with Crippen LogP contribution in [0, 0.1) is 5.82 Å². The van der Waals surface area contributed by atoms with E-state index in [1.54, 1.807) is 0 Å². The van der Waals surface area contributed by atoms with Gasteiger partial charge in [-0.05, 0) is 36.4 Å². The summed E-state index contributed by atoms with van der Waals surface area (Å²) >= 11 is 0. The van der Waals surface area contributed by atoms with Crippen LogP contribution in [0.2, 0.25) is 0 Å². The van der Waals surface area contributed by atoms with Crippen molar-refractivity contribution in [3.05, 3.63) is 53.8 Å². The highest BCUT2D eigenvalue weighted by atomic mass is 32.2. The number of nitrogens with one attached hydrogen (secondary N) is 1. The highest BCUT2D eigenvalue weighted by Gasteiger charge is 2.30. The van der Waals surface area contributed by atoms with Crippen molar-refractivity contribution in [1.29, 1.82) is 0 Å². The number of sulfonamides is 2. The molecule has 0 radical (unpaired) electrons. The van der Waals surface area contributed by atoms with Crippen LogP contribution in [0.5, 0.6) is 0 Å². The molecule has 1 amide bonds. The molecule has 1 aliphatic heterocycles. The molecule has 0 atom stereocenters. The van der Waals surface area contributed by atoms with Crippen molar-refractivity contribution in [2.75, 3.05) is 45.7 Å². The van der Waals surface area contributed by atoms with Gasteiger partial charge in [0, 0.05) is 38.4 Å². The van der Waals surface area contributed by atoms with Gasteiger partial charge in [-0.2, -0.15) is 4.31 Å². The van der Waals surface area contributed by atoms with E-state index < -0.39 is 36.7 Å². The quantitative estimate of drug-likeness (QED) is 0.681. The first-order valence-electron chi connectivity index (χ1n) is 9.25. The van der Waals surface area contributed by atoms with Crippen molar-refractivity contribution in [1.82, 2.24) is 8.61 Å². The van der Waals surface area contributed by atoms with Crippen LogP contribution in [0.4, 0.5) is 10.1 Å². The molecule has 1 fully saturated rings. The highest BCUT2D eigenvalue weighted by Crippen LogP contribution is 2.23. The molecular weight excluding hydrogens is 449 g/mol. The van der Waals surface area contributed by atoms with Gasteiger partial charge in [0.2, 0.25) is 20.0 Å². The molecule has 0 spiro atoms. The smallest absolute Gasteiger partial charge is 0.255 e. The van der Waals surface area contributed by atoms with Gasteiger partial charge in [-0.3, -0.25) is 4.79 Å². The largest absolute Gasteiger partial charge is 0.379 e. The Hall–Kier alpha value is -2.38. The average Bonchev–Trinajstić information content (AvgIpc) is 2.74. The van der Waals surface area contributed by atoms with Gasteiger partial charge in [-0.15, -0.1) is 0 Å². The Morgan fingerprint density at radius 2 is 1.74 bits per heavy atom. The first kappa shape index (κ1) is 23.3. The number of ether oxygens (including phenoxy) is 1. The molecule has 31 heavy (non-hydrogen) atoms. The Morgan fingerprint density at radius 3 is 2.39 bits per heavy atom. The molecule has 0 saturated carbocycles. The Labute approximate surface area is 180 Å². The van der Waals surface area contributed by atoms with Crippen molar-refractivity contribution >= 4 is 31.6 Å². The van der Waals surface area contributed by atoms with Crippen LogP contribution in [0.3, 0.4) is 0 Å². The molecule has 12 heteroatoms. The summed E-state index contributed by atoms with van der Waals surface area (Å²) in [6.45, 7) is 0.580. The van der Waals surface area contributed by atoms with E-state index in [-0.39, 0.29) is 42.4 Å². The van der Waals surface area contributed by atoms with Gasteiger partial charge in [-0.25, -0.2) is 25.5 Å². The zero-order valence-electron chi connectivity index (χ0n) is 16.9. The molecule has 0 unspecified atom stereocenters. The zero-order chi connectivity index (χ0) is 22.8. The molecule has 168 valence electrons. The minimum atomic E-state index is -4.14. The van der Waals surface area contributed by atoms with Crippen LogP contribution in [0.1, 0.15) is 10.4 Å². The molecule has 9 nitrogen and oxygen atoms in total. The van der Waals surface area contributed by atoms with Gasteiger partial charge in [0.1, 0.15) is 10.7 Å². The second-order valence-electron chi connectivity index (χ2n) is 6.93. The second kappa shape index (κ2) is 9.01. The van der Waals surface area contributed by atoms with Crippen molar-refractivity contribution in [2.45, 2.75) is 9.79 Å². The Balaban J connectivity index is 1.88. The number of benzene rings is 2. The summed E-state index contributed by atoms with van der Waals surface area (Å²) in [5.74, 6) is -1.68. The van der Waals surface area contributed by atoms with Crippen LogP contribution in [-0.4, -0.2) is 71.8 Å². The van der Waals surface area contributed by atoms with E-state index in [1.807, 2.05) is 0 Å². The topological polar surface area (TPSA) is 113 Å². The Kier molecular flexibility index (Phi) is 6.76. The summed E-state index contributed by atoms with van der Waals surface area (Å²) in [5, 5.41) is 2.51. The van der Waals surface area contributed by atoms with Crippen LogP contribution in [0.15, 0.2) is 52.3 Å². The molecule has 2 aromatic carbocycles. The number of hydrogen-bond acceptors (Lipinski definition) is 6. The Bertz CT molecular complexity index is 1190. The van der Waals surface area contributed by atoms with E-state index >= 15 is 0 Å². The van der Waals surface area contributed by atoms with E-state index in [0.29, 0.717) is 0 Å². The van der Waals surface area contributed by atoms with Crippen LogP contribution >= 0.6 is 0 Å². The number of anilines is 1. The molecule has 3 rings (SSSR count). The number of hydrogen-bond donors (Lipinski definition) is 1. The molecule has 1 saturated heterocycles. The summed E-state index contributed by atoms with van der Waals surface area (Å²) < 4.78 is 71.7. The fourth-order valence-corrected chi connectivity index (χ4v) is 5.36. The predicted octanol–water partition coefficient (Wildman–Crippen LogP) is 1.35. The monoisotopic (exact) mass is 471 g/mol. The summed E-state index contributed by atoms with van der Waals surface area (Å²) in [4.78, 5) is 12.0. The highest BCUT2D eigenvalue weighted by molar-refractivity contribution is 7.89. The lowest BCUT2D eigenvalue weighted by Gasteiger charge is -2.26. The Morgan fingerprint density at radius 1 is 1.06 bits per heavy atom. The second-order valence-corrected chi connectivity index (χ2v) is 11.0. The third-order valence-electron chi connectivity index (χ3n) is 4.65. The van der Waals surface area contributed by atoms with Gasteiger partial charge in [0.05, 0.1) is 18.1 Å². The number of carbonyl (C=O) groups excluding carboxylic acids is 1. The molecule has 1 heterocycles. The fraction of sp³-hybridized carbons (Fsp3) is 0.316. The maximum Gasteiger partial charge on any atom is 0.255 e. The minimum Gasteiger partial charge on any atom is -0.379 e. The number of morpholine rings is 1. The van der Waals surface area contributed by atoms with Crippen molar-refractivity contribution < 1.29 is 30.8 Å². The summed E-state index contributed by atoms with van der Waals surface area (Å²) in [6, 6.07) is 8.65. The number of rotatable bonds is 6. The maximum atomic E-state index is 14.3. The van der Waals surface area contributed by atoms with Gasteiger partial charge in [0.15, 0.2) is 0 Å². The molecule has 0 aromatic heterocycles. The lowest BCUT2D eigenvalue weighted by Crippen LogP contribution is -2.41. The zero-order valence-corrected chi connectivity index (χ0v) is 18.5. The lowest BCUT2D eigenvalue weighted by molar-refractivity contribution is 0.0729. The SMILES string of the molecule is CN(C)S(=O)(=O)c1cccc(NC(=O)c2ccc(F)c(S(=O)(=O)N3CCOCC3)c2)c1. The first-order valence-corrected chi connectivity index (χ1v) is 12.1. The van der Waals surface area contributed by atoms with Gasteiger partial charge in [-0.1, -0.05) is 6.07 Å². The van der Waals surface area contributed by atoms with E-state index in [4.69, 9.17) is 4.74 Å². The molecule has 0 bridgehead atoms. The molecule has 0 aliphatic carbocycles. The summed E-state index contributed by atoms with van der Waals surface area (Å²) in [6.07, 6.45) is 0. The average molecular weight is 472 g/mol. The summed E-state index contributed by atoms with van der Waals surface area (Å²) in [5.41, 5.74) is 0.101. The van der Waals surface area contributed by atoms with E-state index in [9.17, 15) is 26.0 Å². The number of halogens is 1. The molecule has 1 N–H and O–H groups in total. The molecule has 2 aromatic rings. The lowest BCUT2D eigenvalue weighted by atomic mass is 10.2. The van der Waals surface area contributed by atoms with Crippen LogP contribution in [0.25, 0.3) is 0 Å². The minimum absolute atomic E-state index is 0.0232. The number of carbonyl (C=O) groups is 1.